The number of nitrogens with zero attached hydrogens (tertiary/aromatic N) is 1. The monoisotopic (exact) mass is 413 g/mol. The highest BCUT2D eigenvalue weighted by Crippen LogP contribution is 2.56. The highest BCUT2D eigenvalue weighted by Gasteiger charge is 2.52. The third kappa shape index (κ3) is 3.66. The molecule has 1 heterocycles. The van der Waals surface area contributed by atoms with Crippen LogP contribution in [0.5, 0.6) is 0 Å². The van der Waals surface area contributed by atoms with E-state index in [1.807, 2.05) is 42.5 Å². The average Bonchev–Trinajstić information content (AvgIpc) is 3.32. The summed E-state index contributed by atoms with van der Waals surface area (Å²) in [7, 11) is 0. The summed E-state index contributed by atoms with van der Waals surface area (Å²) in [6, 6.07) is 25.0. The summed E-state index contributed by atoms with van der Waals surface area (Å²) in [5.41, 5.74) is 10.5. The Kier molecular flexibility index (Phi) is 4.71. The Bertz CT molecular complexity index is 1130. The molecule has 1 aliphatic heterocycles. The summed E-state index contributed by atoms with van der Waals surface area (Å²) in [6.45, 7) is 0.842. The van der Waals surface area contributed by atoms with Crippen molar-refractivity contribution < 1.29 is 14.3 Å². The molecule has 6 nitrogen and oxygen atoms in total. The molecule has 2 aliphatic rings. The van der Waals surface area contributed by atoms with Gasteiger partial charge in [-0.1, -0.05) is 48.5 Å². The molecule has 5 rings (SSSR count). The summed E-state index contributed by atoms with van der Waals surface area (Å²) in [6.07, 6.45) is 0.522. The minimum Gasteiger partial charge on any atom is -0.447 e. The first-order valence-corrected chi connectivity index (χ1v) is 10.3. The number of ether oxygens (including phenoxy) is 1. The van der Waals surface area contributed by atoms with Gasteiger partial charge in [0.15, 0.2) is 0 Å². The van der Waals surface area contributed by atoms with Gasteiger partial charge in [0.25, 0.3) is 5.91 Å². The number of hydrogen-bond acceptors (Lipinski definition) is 4. The van der Waals surface area contributed by atoms with E-state index in [0.717, 1.165) is 12.0 Å². The summed E-state index contributed by atoms with van der Waals surface area (Å²) in [5.74, 6) is 0.0441. The van der Waals surface area contributed by atoms with Crippen molar-refractivity contribution in [2.45, 2.75) is 17.9 Å². The summed E-state index contributed by atoms with van der Waals surface area (Å²) >= 11 is 0. The SMILES string of the molecule is N[C@@]1(c2ccccc2)C[C@H]1c1ccc(NC(=O)c2cccc(N3CCOC3=O)c2)cc1. The van der Waals surface area contributed by atoms with Gasteiger partial charge in [0.2, 0.25) is 0 Å². The van der Waals surface area contributed by atoms with E-state index in [2.05, 4.69) is 17.4 Å². The van der Waals surface area contributed by atoms with E-state index in [0.29, 0.717) is 30.1 Å². The van der Waals surface area contributed by atoms with E-state index >= 15 is 0 Å². The van der Waals surface area contributed by atoms with Gasteiger partial charge in [-0.05, 0) is 47.9 Å². The van der Waals surface area contributed by atoms with Crippen LogP contribution in [-0.4, -0.2) is 25.2 Å². The van der Waals surface area contributed by atoms with E-state index in [9.17, 15) is 9.59 Å². The zero-order valence-electron chi connectivity index (χ0n) is 17.0. The molecule has 6 heteroatoms. The molecule has 2 atom stereocenters. The normalized spacial score (nSPS) is 22.2. The lowest BCUT2D eigenvalue weighted by molar-refractivity contribution is 0.102. The van der Waals surface area contributed by atoms with Crippen molar-refractivity contribution in [1.29, 1.82) is 0 Å². The highest BCUT2D eigenvalue weighted by atomic mass is 16.6. The lowest BCUT2D eigenvalue weighted by atomic mass is 9.99. The van der Waals surface area contributed by atoms with Crippen LogP contribution in [0.3, 0.4) is 0 Å². The summed E-state index contributed by atoms with van der Waals surface area (Å²) < 4.78 is 4.97. The molecule has 1 saturated carbocycles. The Morgan fingerprint density at radius 2 is 1.81 bits per heavy atom. The second-order valence-electron chi connectivity index (χ2n) is 8.06. The van der Waals surface area contributed by atoms with Gasteiger partial charge in [0.1, 0.15) is 6.61 Å². The number of hydrogen-bond donors (Lipinski definition) is 2. The van der Waals surface area contributed by atoms with Crippen LogP contribution in [-0.2, 0) is 10.3 Å². The maximum Gasteiger partial charge on any atom is 0.414 e. The number of carbonyl (C=O) groups excluding carboxylic acids is 2. The third-order valence-corrected chi connectivity index (χ3v) is 6.07. The zero-order valence-corrected chi connectivity index (χ0v) is 17.0. The summed E-state index contributed by atoms with van der Waals surface area (Å²) in [5, 5.41) is 2.92. The molecule has 0 unspecified atom stereocenters. The molecule has 0 radical (unpaired) electrons. The van der Waals surface area contributed by atoms with E-state index < -0.39 is 0 Å². The molecule has 1 aliphatic carbocycles. The van der Waals surface area contributed by atoms with Crippen molar-refractivity contribution in [3.8, 4) is 0 Å². The molecule has 3 aromatic rings. The molecule has 156 valence electrons. The van der Waals surface area contributed by atoms with Crippen LogP contribution in [0.4, 0.5) is 16.2 Å². The molecule has 3 N–H and O–H groups in total. The largest absolute Gasteiger partial charge is 0.447 e. The van der Waals surface area contributed by atoms with Gasteiger partial charge < -0.3 is 15.8 Å². The molecule has 2 amide bonds. The number of benzene rings is 3. The Morgan fingerprint density at radius 1 is 1.03 bits per heavy atom. The van der Waals surface area contributed by atoms with Gasteiger partial charge in [-0.15, -0.1) is 0 Å². The highest BCUT2D eigenvalue weighted by molar-refractivity contribution is 6.05. The van der Waals surface area contributed by atoms with Crippen molar-refractivity contribution in [3.63, 3.8) is 0 Å². The van der Waals surface area contributed by atoms with Crippen LogP contribution in [0, 0.1) is 0 Å². The third-order valence-electron chi connectivity index (χ3n) is 6.07. The standard InChI is InChI=1S/C25H23N3O3/c26-25(19-6-2-1-3-7-19)16-22(25)17-9-11-20(12-10-17)27-23(29)18-5-4-8-21(15-18)28-13-14-31-24(28)30/h1-12,15,22H,13-14,16,26H2,(H,27,29)/t22-,25+/m0/s1. The first-order chi connectivity index (χ1) is 15.0. The number of nitrogens with one attached hydrogen (secondary N) is 1. The van der Waals surface area contributed by atoms with E-state index in [-0.39, 0.29) is 23.5 Å². The van der Waals surface area contributed by atoms with Crippen LogP contribution in [0.2, 0.25) is 0 Å². The van der Waals surface area contributed by atoms with E-state index in [4.69, 9.17) is 10.5 Å². The average molecular weight is 413 g/mol. The fraction of sp³-hybridized carbons (Fsp3) is 0.200. The van der Waals surface area contributed by atoms with Crippen molar-refractivity contribution in [2.24, 2.45) is 5.73 Å². The van der Waals surface area contributed by atoms with Crippen molar-refractivity contribution in [3.05, 3.63) is 95.6 Å². The number of anilines is 2. The van der Waals surface area contributed by atoms with Gasteiger partial charge in [-0.2, -0.15) is 0 Å². The first-order valence-electron chi connectivity index (χ1n) is 10.3. The Labute approximate surface area is 180 Å². The van der Waals surface area contributed by atoms with E-state index in [1.165, 1.54) is 10.5 Å². The van der Waals surface area contributed by atoms with Crippen LogP contribution in [0.25, 0.3) is 0 Å². The van der Waals surface area contributed by atoms with Crippen molar-refractivity contribution in [2.75, 3.05) is 23.4 Å². The topological polar surface area (TPSA) is 84.7 Å². The number of carbonyl (C=O) groups is 2. The molecule has 0 bridgehead atoms. The second-order valence-corrected chi connectivity index (χ2v) is 8.06. The molecular weight excluding hydrogens is 390 g/mol. The number of amides is 2. The molecule has 31 heavy (non-hydrogen) atoms. The Hall–Kier alpha value is -3.64. The first kappa shape index (κ1) is 19.3. The molecule has 1 saturated heterocycles. The number of nitrogens with two attached hydrogens (primary N) is 1. The van der Waals surface area contributed by atoms with Crippen LogP contribution >= 0.6 is 0 Å². The van der Waals surface area contributed by atoms with Crippen molar-refractivity contribution >= 4 is 23.4 Å². The van der Waals surface area contributed by atoms with Gasteiger partial charge >= 0.3 is 6.09 Å². The predicted molar refractivity (Wildman–Crippen MR) is 119 cm³/mol. The maximum atomic E-state index is 12.7. The fourth-order valence-corrected chi connectivity index (χ4v) is 4.21. The Morgan fingerprint density at radius 3 is 2.52 bits per heavy atom. The molecule has 0 spiro atoms. The minimum atomic E-state index is -0.389. The van der Waals surface area contributed by atoms with E-state index in [1.54, 1.807) is 24.3 Å². The predicted octanol–water partition coefficient (Wildman–Crippen LogP) is 4.24. The number of cyclic esters (lactones) is 1. The van der Waals surface area contributed by atoms with Gasteiger partial charge in [-0.25, -0.2) is 4.79 Å². The Balaban J connectivity index is 1.26. The zero-order chi connectivity index (χ0) is 21.4. The second kappa shape index (κ2) is 7.56. The van der Waals surface area contributed by atoms with Gasteiger partial charge in [-0.3, -0.25) is 9.69 Å². The summed E-state index contributed by atoms with van der Waals surface area (Å²) in [4.78, 5) is 26.0. The lowest BCUT2D eigenvalue weighted by Crippen LogP contribution is -2.23. The van der Waals surface area contributed by atoms with Crippen molar-refractivity contribution in [1.82, 2.24) is 0 Å². The quantitative estimate of drug-likeness (QED) is 0.655. The van der Waals surface area contributed by atoms with Crippen LogP contribution in [0.1, 0.15) is 33.8 Å². The fourth-order valence-electron chi connectivity index (χ4n) is 4.21. The molecule has 2 fully saturated rings. The smallest absolute Gasteiger partial charge is 0.414 e. The number of rotatable bonds is 5. The van der Waals surface area contributed by atoms with Crippen LogP contribution < -0.4 is 16.0 Å². The molecule has 0 aromatic heterocycles. The van der Waals surface area contributed by atoms with Crippen LogP contribution in [0.15, 0.2) is 78.9 Å². The minimum absolute atomic E-state index is 0.231. The van der Waals surface area contributed by atoms with Gasteiger partial charge in [0.05, 0.1) is 6.54 Å². The maximum absolute atomic E-state index is 12.7. The lowest BCUT2D eigenvalue weighted by Gasteiger charge is -2.14. The molecular formula is C25H23N3O3. The molecule has 3 aromatic carbocycles. The van der Waals surface area contributed by atoms with Gasteiger partial charge in [0, 0.05) is 28.4 Å².